The molecule has 4 nitrogen and oxygen atoms in total. The molecule has 0 aromatic heterocycles. The maximum Gasteiger partial charge on any atom is 0.251 e. The highest BCUT2D eigenvalue weighted by Gasteiger charge is 2.11. The summed E-state index contributed by atoms with van der Waals surface area (Å²) in [7, 11) is 0. The smallest absolute Gasteiger partial charge is 0.251 e. The van der Waals surface area contributed by atoms with Crippen molar-refractivity contribution in [3.8, 4) is 5.75 Å². The van der Waals surface area contributed by atoms with Crippen molar-refractivity contribution in [3.63, 3.8) is 0 Å². The van der Waals surface area contributed by atoms with Crippen LogP contribution in [0.3, 0.4) is 0 Å². The number of ether oxygens (including phenoxy) is 2. The molecule has 1 aromatic rings. The molecule has 1 aromatic carbocycles. The topological polar surface area (TPSA) is 47.6 Å². The SMILES string of the molecule is CCCOCc1cc(C(=O)NCC(C)C)ccc1OCC. The van der Waals surface area contributed by atoms with E-state index in [9.17, 15) is 4.79 Å². The Labute approximate surface area is 127 Å². The first-order valence-corrected chi connectivity index (χ1v) is 7.70. The van der Waals surface area contributed by atoms with E-state index in [1.807, 2.05) is 19.1 Å². The summed E-state index contributed by atoms with van der Waals surface area (Å²) in [6, 6.07) is 5.50. The number of benzene rings is 1. The Morgan fingerprint density at radius 2 is 2.05 bits per heavy atom. The molecule has 0 saturated heterocycles. The lowest BCUT2D eigenvalue weighted by molar-refractivity contribution is 0.0948. The summed E-state index contributed by atoms with van der Waals surface area (Å²) >= 11 is 0. The van der Waals surface area contributed by atoms with Crippen molar-refractivity contribution >= 4 is 5.91 Å². The fourth-order valence-corrected chi connectivity index (χ4v) is 1.86. The molecule has 0 aliphatic carbocycles. The van der Waals surface area contributed by atoms with E-state index >= 15 is 0 Å². The van der Waals surface area contributed by atoms with Gasteiger partial charge < -0.3 is 14.8 Å². The normalized spacial score (nSPS) is 10.7. The Morgan fingerprint density at radius 3 is 2.67 bits per heavy atom. The highest BCUT2D eigenvalue weighted by Crippen LogP contribution is 2.21. The maximum atomic E-state index is 12.1. The second kappa shape index (κ2) is 9.40. The highest BCUT2D eigenvalue weighted by atomic mass is 16.5. The van der Waals surface area contributed by atoms with Crippen LogP contribution in [0.25, 0.3) is 0 Å². The van der Waals surface area contributed by atoms with Crippen molar-refractivity contribution in [1.82, 2.24) is 5.32 Å². The number of rotatable bonds is 9. The molecule has 0 saturated carbocycles. The van der Waals surface area contributed by atoms with Crippen LogP contribution in [0.4, 0.5) is 0 Å². The van der Waals surface area contributed by atoms with E-state index in [1.165, 1.54) is 0 Å². The van der Waals surface area contributed by atoms with E-state index in [0.717, 1.165) is 17.7 Å². The molecule has 0 bridgehead atoms. The van der Waals surface area contributed by atoms with Crippen LogP contribution in [0.2, 0.25) is 0 Å². The summed E-state index contributed by atoms with van der Waals surface area (Å²) < 4.78 is 11.2. The minimum absolute atomic E-state index is 0.0523. The summed E-state index contributed by atoms with van der Waals surface area (Å²) in [6.07, 6.45) is 0.971. The van der Waals surface area contributed by atoms with Crippen molar-refractivity contribution in [2.45, 2.75) is 40.7 Å². The van der Waals surface area contributed by atoms with Crippen molar-refractivity contribution in [3.05, 3.63) is 29.3 Å². The number of nitrogens with one attached hydrogen (secondary N) is 1. The third-order valence-corrected chi connectivity index (χ3v) is 2.90. The molecule has 1 N–H and O–H groups in total. The first-order chi connectivity index (χ1) is 10.1. The molecular weight excluding hydrogens is 266 g/mol. The van der Waals surface area contributed by atoms with Crippen LogP contribution in [0.5, 0.6) is 5.75 Å². The molecule has 0 fully saturated rings. The lowest BCUT2D eigenvalue weighted by Gasteiger charge is -2.13. The van der Waals surface area contributed by atoms with Gasteiger partial charge in [-0.05, 0) is 37.5 Å². The third-order valence-electron chi connectivity index (χ3n) is 2.90. The quantitative estimate of drug-likeness (QED) is 0.710. The predicted octanol–water partition coefficient (Wildman–Crippen LogP) is 3.40. The number of carbonyl (C=O) groups excluding carboxylic acids is 1. The Bertz CT molecular complexity index is 444. The molecule has 0 aliphatic rings. The van der Waals surface area contributed by atoms with Gasteiger partial charge in [0.05, 0.1) is 13.2 Å². The zero-order chi connectivity index (χ0) is 15.7. The van der Waals surface area contributed by atoms with Crippen LogP contribution >= 0.6 is 0 Å². The molecule has 21 heavy (non-hydrogen) atoms. The Hall–Kier alpha value is -1.55. The van der Waals surface area contributed by atoms with Crippen LogP contribution in [0, 0.1) is 5.92 Å². The summed E-state index contributed by atoms with van der Waals surface area (Å²) in [6.45, 7) is 10.6. The van der Waals surface area contributed by atoms with E-state index in [2.05, 4.69) is 26.1 Å². The minimum Gasteiger partial charge on any atom is -0.494 e. The van der Waals surface area contributed by atoms with E-state index in [4.69, 9.17) is 9.47 Å². The Morgan fingerprint density at radius 1 is 1.29 bits per heavy atom. The lowest BCUT2D eigenvalue weighted by atomic mass is 10.1. The molecule has 4 heteroatoms. The minimum atomic E-state index is -0.0523. The van der Waals surface area contributed by atoms with Crippen molar-refractivity contribution in [2.24, 2.45) is 5.92 Å². The van der Waals surface area contributed by atoms with Gasteiger partial charge in [0.25, 0.3) is 5.91 Å². The third kappa shape index (κ3) is 6.17. The Kier molecular flexibility index (Phi) is 7.83. The zero-order valence-corrected chi connectivity index (χ0v) is 13.6. The fourth-order valence-electron chi connectivity index (χ4n) is 1.86. The van der Waals surface area contributed by atoms with Gasteiger partial charge in [0.1, 0.15) is 5.75 Å². The molecule has 0 atom stereocenters. The van der Waals surface area contributed by atoms with Gasteiger partial charge in [0.15, 0.2) is 0 Å². The van der Waals surface area contributed by atoms with Crippen LogP contribution in [0.1, 0.15) is 50.0 Å². The molecule has 118 valence electrons. The van der Waals surface area contributed by atoms with E-state index < -0.39 is 0 Å². The van der Waals surface area contributed by atoms with Gasteiger partial charge >= 0.3 is 0 Å². The Balaban J connectivity index is 2.81. The largest absolute Gasteiger partial charge is 0.494 e. The summed E-state index contributed by atoms with van der Waals surface area (Å²) in [5, 5.41) is 2.92. The van der Waals surface area contributed by atoms with Crippen LogP contribution in [0.15, 0.2) is 18.2 Å². The number of carbonyl (C=O) groups is 1. The molecule has 1 rings (SSSR count). The molecule has 0 spiro atoms. The van der Waals surface area contributed by atoms with Gasteiger partial charge in [-0.15, -0.1) is 0 Å². The van der Waals surface area contributed by atoms with Crippen molar-refractivity contribution in [2.75, 3.05) is 19.8 Å². The average Bonchev–Trinajstić information content (AvgIpc) is 2.46. The zero-order valence-electron chi connectivity index (χ0n) is 13.6. The van der Waals surface area contributed by atoms with Crippen LogP contribution in [-0.4, -0.2) is 25.7 Å². The monoisotopic (exact) mass is 293 g/mol. The molecule has 0 heterocycles. The highest BCUT2D eigenvalue weighted by molar-refractivity contribution is 5.94. The van der Waals surface area contributed by atoms with Gasteiger partial charge in [-0.25, -0.2) is 0 Å². The second-order valence-electron chi connectivity index (χ2n) is 5.41. The van der Waals surface area contributed by atoms with Gasteiger partial charge in [-0.3, -0.25) is 4.79 Å². The first kappa shape index (κ1) is 17.5. The average molecular weight is 293 g/mol. The summed E-state index contributed by atoms with van der Waals surface area (Å²) in [5.74, 6) is 1.17. The molecular formula is C17H27NO3. The van der Waals surface area contributed by atoms with E-state index in [1.54, 1.807) is 6.07 Å². The van der Waals surface area contributed by atoms with E-state index in [-0.39, 0.29) is 5.91 Å². The van der Waals surface area contributed by atoms with Gasteiger partial charge in [-0.2, -0.15) is 0 Å². The maximum absolute atomic E-state index is 12.1. The second-order valence-corrected chi connectivity index (χ2v) is 5.41. The van der Waals surface area contributed by atoms with Crippen molar-refractivity contribution < 1.29 is 14.3 Å². The lowest BCUT2D eigenvalue weighted by Crippen LogP contribution is -2.27. The van der Waals surface area contributed by atoms with E-state index in [0.29, 0.717) is 37.8 Å². The number of hydrogen-bond acceptors (Lipinski definition) is 3. The fraction of sp³-hybridized carbons (Fsp3) is 0.588. The van der Waals surface area contributed by atoms with Crippen molar-refractivity contribution in [1.29, 1.82) is 0 Å². The summed E-state index contributed by atoms with van der Waals surface area (Å²) in [5.41, 5.74) is 1.57. The molecule has 0 aliphatic heterocycles. The first-order valence-electron chi connectivity index (χ1n) is 7.70. The standard InChI is InChI=1S/C17H27NO3/c1-5-9-20-12-15-10-14(7-8-16(15)21-6-2)17(19)18-11-13(3)4/h7-8,10,13H,5-6,9,11-12H2,1-4H3,(H,18,19). The number of amides is 1. The van der Waals surface area contributed by atoms with Gasteiger partial charge in [-0.1, -0.05) is 20.8 Å². The molecule has 1 amide bonds. The summed E-state index contributed by atoms with van der Waals surface area (Å²) in [4.78, 5) is 12.1. The van der Waals surface area contributed by atoms with Gasteiger partial charge in [0.2, 0.25) is 0 Å². The molecule has 0 unspecified atom stereocenters. The van der Waals surface area contributed by atoms with Gasteiger partial charge in [0, 0.05) is 24.3 Å². The van der Waals surface area contributed by atoms with Crippen LogP contribution < -0.4 is 10.1 Å². The molecule has 0 radical (unpaired) electrons. The number of hydrogen-bond donors (Lipinski definition) is 1. The predicted molar refractivity (Wildman–Crippen MR) is 84.7 cm³/mol. The van der Waals surface area contributed by atoms with Crippen LogP contribution in [-0.2, 0) is 11.3 Å².